The number of nitrogen functional groups attached to an aromatic ring is 1. The molecule has 2 aromatic carbocycles. The number of nitrogens with two attached hydrogens (primary N) is 1. The lowest BCUT2D eigenvalue weighted by molar-refractivity contribution is 0.410. The molecular formula is C18H17N3O2. The van der Waals surface area contributed by atoms with Gasteiger partial charge in [-0.15, -0.1) is 0 Å². The van der Waals surface area contributed by atoms with Crippen molar-refractivity contribution in [3.8, 4) is 17.0 Å². The van der Waals surface area contributed by atoms with Crippen LogP contribution in [-0.4, -0.2) is 17.1 Å². The number of nitrogens with one attached hydrogen (secondary N) is 1. The predicted octanol–water partition coefficient (Wildman–Crippen LogP) is 2.62. The maximum absolute atomic E-state index is 11.9. The largest absolute Gasteiger partial charge is 0.496 e. The molecule has 0 aliphatic rings. The van der Waals surface area contributed by atoms with Crippen LogP contribution in [-0.2, 0) is 6.42 Å². The average Bonchev–Trinajstić information content (AvgIpc) is 2.55. The van der Waals surface area contributed by atoms with Gasteiger partial charge in [-0.2, -0.15) is 0 Å². The minimum absolute atomic E-state index is 0.184. The number of aromatic amines is 1. The van der Waals surface area contributed by atoms with Crippen LogP contribution in [0, 0.1) is 0 Å². The highest BCUT2D eigenvalue weighted by molar-refractivity contribution is 5.61. The zero-order valence-corrected chi connectivity index (χ0v) is 12.7. The van der Waals surface area contributed by atoms with Crippen LogP contribution in [0.4, 0.5) is 5.69 Å². The first-order valence-corrected chi connectivity index (χ1v) is 7.24. The summed E-state index contributed by atoms with van der Waals surface area (Å²) in [5.41, 5.74) is 8.63. The summed E-state index contributed by atoms with van der Waals surface area (Å²) in [6.07, 6.45) is 0.488. The van der Waals surface area contributed by atoms with Gasteiger partial charge < -0.3 is 15.5 Å². The molecule has 23 heavy (non-hydrogen) atoms. The number of benzene rings is 2. The van der Waals surface area contributed by atoms with Crippen molar-refractivity contribution in [3.63, 3.8) is 0 Å². The van der Waals surface area contributed by atoms with Gasteiger partial charge in [0.15, 0.2) is 0 Å². The Morgan fingerprint density at radius 3 is 2.61 bits per heavy atom. The number of hydrogen-bond acceptors (Lipinski definition) is 4. The van der Waals surface area contributed by atoms with Crippen molar-refractivity contribution in [1.82, 2.24) is 9.97 Å². The summed E-state index contributed by atoms with van der Waals surface area (Å²) >= 11 is 0. The number of ether oxygens (including phenoxy) is 1. The minimum Gasteiger partial charge on any atom is -0.496 e. The number of aromatic nitrogens is 2. The van der Waals surface area contributed by atoms with Crippen LogP contribution in [0.15, 0.2) is 59.4 Å². The molecule has 0 atom stereocenters. The number of nitrogens with zero attached hydrogens (tertiary/aromatic N) is 1. The van der Waals surface area contributed by atoms with Crippen LogP contribution < -0.4 is 16.0 Å². The Hall–Kier alpha value is -3.08. The molecule has 3 N–H and O–H groups in total. The van der Waals surface area contributed by atoms with Crippen molar-refractivity contribution in [2.24, 2.45) is 0 Å². The van der Waals surface area contributed by atoms with Crippen molar-refractivity contribution in [3.05, 3.63) is 76.3 Å². The lowest BCUT2D eigenvalue weighted by atomic mass is 10.1. The Labute approximate surface area is 133 Å². The van der Waals surface area contributed by atoms with E-state index in [0.29, 0.717) is 23.6 Å². The summed E-state index contributed by atoms with van der Waals surface area (Å²) in [5.74, 6) is 1.36. The minimum atomic E-state index is -0.184. The first-order valence-electron chi connectivity index (χ1n) is 7.24. The summed E-state index contributed by atoms with van der Waals surface area (Å²) < 4.78 is 5.34. The summed E-state index contributed by atoms with van der Waals surface area (Å²) in [6.45, 7) is 0. The smallest absolute Gasteiger partial charge is 0.251 e. The third-order valence-electron chi connectivity index (χ3n) is 3.55. The fourth-order valence-corrected chi connectivity index (χ4v) is 2.42. The van der Waals surface area contributed by atoms with Gasteiger partial charge in [-0.3, -0.25) is 4.79 Å². The fraction of sp³-hybridized carbons (Fsp3) is 0.111. The van der Waals surface area contributed by atoms with Crippen LogP contribution in [0.25, 0.3) is 11.3 Å². The molecule has 3 rings (SSSR count). The van der Waals surface area contributed by atoms with E-state index in [9.17, 15) is 4.79 Å². The molecule has 1 heterocycles. The van der Waals surface area contributed by atoms with E-state index < -0.39 is 0 Å². The van der Waals surface area contributed by atoms with Gasteiger partial charge in [-0.25, -0.2) is 4.98 Å². The highest BCUT2D eigenvalue weighted by atomic mass is 16.5. The molecule has 0 unspecified atom stereocenters. The molecular weight excluding hydrogens is 290 g/mol. The first-order chi connectivity index (χ1) is 11.2. The highest BCUT2D eigenvalue weighted by Crippen LogP contribution is 2.21. The molecule has 5 heteroatoms. The number of H-pyrrole nitrogens is 1. The zero-order valence-electron chi connectivity index (χ0n) is 12.7. The molecule has 1 aromatic heterocycles. The van der Waals surface area contributed by atoms with E-state index in [1.54, 1.807) is 19.2 Å². The molecule has 5 nitrogen and oxygen atoms in total. The van der Waals surface area contributed by atoms with Crippen LogP contribution in [0.2, 0.25) is 0 Å². The van der Waals surface area contributed by atoms with Gasteiger partial charge in [0.05, 0.1) is 12.8 Å². The van der Waals surface area contributed by atoms with E-state index in [-0.39, 0.29) is 5.56 Å². The first kappa shape index (κ1) is 14.8. The van der Waals surface area contributed by atoms with Crippen molar-refractivity contribution in [1.29, 1.82) is 0 Å². The predicted molar refractivity (Wildman–Crippen MR) is 90.5 cm³/mol. The second-order valence-corrected chi connectivity index (χ2v) is 5.19. The number of methoxy groups -OCH3 is 1. The van der Waals surface area contributed by atoms with E-state index in [2.05, 4.69) is 9.97 Å². The molecule has 0 saturated heterocycles. The van der Waals surface area contributed by atoms with Crippen LogP contribution in [0.1, 0.15) is 11.4 Å². The normalized spacial score (nSPS) is 10.5. The lowest BCUT2D eigenvalue weighted by Crippen LogP contribution is -2.12. The van der Waals surface area contributed by atoms with Crippen molar-refractivity contribution in [2.45, 2.75) is 6.42 Å². The molecule has 0 aliphatic carbocycles. The van der Waals surface area contributed by atoms with Crippen molar-refractivity contribution < 1.29 is 4.74 Å². The van der Waals surface area contributed by atoms with Gasteiger partial charge in [0, 0.05) is 29.3 Å². The highest BCUT2D eigenvalue weighted by Gasteiger charge is 2.08. The molecule has 116 valence electrons. The van der Waals surface area contributed by atoms with Crippen LogP contribution in [0.5, 0.6) is 5.75 Å². The summed E-state index contributed by atoms with van der Waals surface area (Å²) in [7, 11) is 1.62. The lowest BCUT2D eigenvalue weighted by Gasteiger charge is -2.09. The molecule has 0 amide bonds. The Morgan fingerprint density at radius 1 is 1.13 bits per heavy atom. The van der Waals surface area contributed by atoms with E-state index in [0.717, 1.165) is 16.9 Å². The number of rotatable bonds is 4. The Morgan fingerprint density at radius 2 is 1.87 bits per heavy atom. The zero-order chi connectivity index (χ0) is 16.2. The van der Waals surface area contributed by atoms with E-state index in [1.807, 2.05) is 36.4 Å². The molecule has 3 aromatic rings. The van der Waals surface area contributed by atoms with Crippen LogP contribution in [0.3, 0.4) is 0 Å². The molecule has 0 radical (unpaired) electrons. The van der Waals surface area contributed by atoms with Crippen molar-refractivity contribution >= 4 is 5.69 Å². The van der Waals surface area contributed by atoms with Gasteiger partial charge in [-0.1, -0.05) is 30.3 Å². The van der Waals surface area contributed by atoms with E-state index in [4.69, 9.17) is 10.5 Å². The molecule has 0 saturated carbocycles. The quantitative estimate of drug-likeness (QED) is 0.726. The van der Waals surface area contributed by atoms with Gasteiger partial charge in [0.25, 0.3) is 5.56 Å². The van der Waals surface area contributed by atoms with Gasteiger partial charge >= 0.3 is 0 Å². The van der Waals surface area contributed by atoms with Crippen LogP contribution >= 0.6 is 0 Å². The number of hydrogen-bond donors (Lipinski definition) is 2. The van der Waals surface area contributed by atoms with E-state index in [1.165, 1.54) is 6.07 Å². The van der Waals surface area contributed by atoms with E-state index >= 15 is 0 Å². The third kappa shape index (κ3) is 3.40. The molecule has 0 bridgehead atoms. The molecule has 0 aliphatic heterocycles. The average molecular weight is 307 g/mol. The molecule has 0 fully saturated rings. The van der Waals surface area contributed by atoms with Gasteiger partial charge in [0.1, 0.15) is 11.6 Å². The Balaban J connectivity index is 1.98. The SMILES string of the molecule is COc1ccccc1Cc1nc(-c2ccc(N)cc2)cc(=O)[nH]1. The Kier molecular flexibility index (Phi) is 4.10. The Bertz CT molecular complexity index is 870. The number of para-hydroxylation sites is 1. The van der Waals surface area contributed by atoms with Gasteiger partial charge in [0.2, 0.25) is 0 Å². The van der Waals surface area contributed by atoms with Crippen molar-refractivity contribution in [2.75, 3.05) is 12.8 Å². The number of anilines is 1. The third-order valence-corrected chi connectivity index (χ3v) is 3.55. The fourth-order valence-electron chi connectivity index (χ4n) is 2.42. The maximum atomic E-state index is 11.9. The second kappa shape index (κ2) is 6.36. The topological polar surface area (TPSA) is 81.0 Å². The molecule has 0 spiro atoms. The standard InChI is InChI=1S/C18H17N3O2/c1-23-16-5-3-2-4-13(16)10-17-20-15(11-18(22)21-17)12-6-8-14(19)9-7-12/h2-9,11H,10,19H2,1H3,(H,20,21,22). The maximum Gasteiger partial charge on any atom is 0.251 e. The monoisotopic (exact) mass is 307 g/mol. The summed E-state index contributed by atoms with van der Waals surface area (Å²) in [5, 5.41) is 0. The summed E-state index contributed by atoms with van der Waals surface area (Å²) in [4.78, 5) is 19.3. The second-order valence-electron chi connectivity index (χ2n) is 5.19. The van der Waals surface area contributed by atoms with Gasteiger partial charge in [-0.05, 0) is 18.2 Å². The summed E-state index contributed by atoms with van der Waals surface area (Å²) in [6, 6.07) is 16.4.